The van der Waals surface area contributed by atoms with Crippen molar-refractivity contribution in [3.63, 3.8) is 0 Å². The maximum Gasteiger partial charge on any atom is 0.180 e. The first kappa shape index (κ1) is 14.5. The molecule has 4 heteroatoms. The number of Topliss-reactive ketones (excluding diaryl/α,β-unsaturated/α-hetero) is 1. The Labute approximate surface area is 108 Å². The molecule has 0 atom stereocenters. The standard InChI is InChI=1S/C14H21NO3/c1-14(2,3)11-7-9(18-5)6-10(13(11)17)12(16)8-15-4/h6-7,15,17H,8H2,1-5H3. The summed E-state index contributed by atoms with van der Waals surface area (Å²) in [5.74, 6) is 0.472. The second kappa shape index (κ2) is 5.40. The van der Waals surface area contributed by atoms with Gasteiger partial charge in [-0.15, -0.1) is 0 Å². The largest absolute Gasteiger partial charge is 0.507 e. The number of benzene rings is 1. The second-order valence-corrected chi connectivity index (χ2v) is 5.27. The van der Waals surface area contributed by atoms with E-state index in [4.69, 9.17) is 4.74 Å². The molecule has 0 saturated heterocycles. The van der Waals surface area contributed by atoms with Gasteiger partial charge in [0.1, 0.15) is 11.5 Å². The summed E-state index contributed by atoms with van der Waals surface area (Å²) in [6.07, 6.45) is 0. The van der Waals surface area contributed by atoms with Crippen LogP contribution in [0.3, 0.4) is 0 Å². The number of nitrogens with one attached hydrogen (secondary N) is 1. The van der Waals surface area contributed by atoms with E-state index >= 15 is 0 Å². The molecule has 100 valence electrons. The van der Waals surface area contributed by atoms with Crippen LogP contribution in [0.15, 0.2) is 12.1 Å². The molecule has 0 aliphatic heterocycles. The van der Waals surface area contributed by atoms with Crippen molar-refractivity contribution in [2.75, 3.05) is 20.7 Å². The van der Waals surface area contributed by atoms with Crippen LogP contribution in [0.1, 0.15) is 36.7 Å². The lowest BCUT2D eigenvalue weighted by molar-refractivity contribution is 0.0990. The van der Waals surface area contributed by atoms with E-state index < -0.39 is 0 Å². The Kier molecular flexibility index (Phi) is 4.35. The molecular formula is C14H21NO3. The van der Waals surface area contributed by atoms with Gasteiger partial charge in [-0.05, 0) is 24.6 Å². The number of hydrogen-bond donors (Lipinski definition) is 2. The predicted octanol–water partition coefficient (Wildman–Crippen LogP) is 2.10. The van der Waals surface area contributed by atoms with Crippen molar-refractivity contribution in [1.29, 1.82) is 0 Å². The van der Waals surface area contributed by atoms with Crippen LogP contribution in [0.25, 0.3) is 0 Å². The van der Waals surface area contributed by atoms with E-state index in [2.05, 4.69) is 5.32 Å². The van der Waals surface area contributed by atoms with Crippen molar-refractivity contribution in [3.8, 4) is 11.5 Å². The topological polar surface area (TPSA) is 58.6 Å². The number of carbonyl (C=O) groups is 1. The summed E-state index contributed by atoms with van der Waals surface area (Å²) >= 11 is 0. The molecular weight excluding hydrogens is 230 g/mol. The van der Waals surface area contributed by atoms with Crippen molar-refractivity contribution in [2.45, 2.75) is 26.2 Å². The highest BCUT2D eigenvalue weighted by Crippen LogP contribution is 2.36. The van der Waals surface area contributed by atoms with Gasteiger partial charge in [0.25, 0.3) is 0 Å². The Hall–Kier alpha value is -1.55. The zero-order chi connectivity index (χ0) is 13.9. The molecule has 0 spiro atoms. The molecule has 0 aliphatic carbocycles. The molecule has 0 amide bonds. The molecule has 0 fully saturated rings. The number of phenols is 1. The quantitative estimate of drug-likeness (QED) is 0.805. The van der Waals surface area contributed by atoms with Gasteiger partial charge in [-0.3, -0.25) is 4.79 Å². The fourth-order valence-corrected chi connectivity index (χ4v) is 1.77. The SMILES string of the molecule is CNCC(=O)c1cc(OC)cc(C(C)(C)C)c1O. The fraction of sp³-hybridized carbons (Fsp3) is 0.500. The molecule has 4 nitrogen and oxygen atoms in total. The van der Waals surface area contributed by atoms with Gasteiger partial charge in [0.15, 0.2) is 5.78 Å². The van der Waals surface area contributed by atoms with E-state index in [0.717, 1.165) is 0 Å². The lowest BCUT2D eigenvalue weighted by Gasteiger charge is -2.22. The summed E-state index contributed by atoms with van der Waals surface area (Å²) < 4.78 is 5.19. The molecule has 0 heterocycles. The average molecular weight is 251 g/mol. The zero-order valence-electron chi connectivity index (χ0n) is 11.6. The summed E-state index contributed by atoms with van der Waals surface area (Å²) in [4.78, 5) is 11.9. The van der Waals surface area contributed by atoms with E-state index in [-0.39, 0.29) is 23.5 Å². The van der Waals surface area contributed by atoms with Crippen molar-refractivity contribution in [2.24, 2.45) is 0 Å². The summed E-state index contributed by atoms with van der Waals surface area (Å²) in [6.45, 7) is 6.12. The van der Waals surface area contributed by atoms with Crippen molar-refractivity contribution in [1.82, 2.24) is 5.32 Å². The first-order valence-electron chi connectivity index (χ1n) is 5.90. The summed E-state index contributed by atoms with van der Waals surface area (Å²) in [5, 5.41) is 13.0. The molecule has 0 aromatic heterocycles. The van der Waals surface area contributed by atoms with Gasteiger partial charge in [0, 0.05) is 5.56 Å². The van der Waals surface area contributed by atoms with Crippen LogP contribution in [0.5, 0.6) is 11.5 Å². The Morgan fingerprint density at radius 1 is 1.39 bits per heavy atom. The summed E-state index contributed by atoms with van der Waals surface area (Å²) in [5.41, 5.74) is 0.753. The highest BCUT2D eigenvalue weighted by Gasteiger charge is 2.24. The molecule has 1 rings (SSSR count). The Balaban J connectivity index is 3.39. The first-order chi connectivity index (χ1) is 8.31. The number of likely N-dealkylation sites (N-methyl/N-ethyl adjacent to an activating group) is 1. The second-order valence-electron chi connectivity index (χ2n) is 5.27. The zero-order valence-corrected chi connectivity index (χ0v) is 11.6. The van der Waals surface area contributed by atoms with E-state index in [1.54, 1.807) is 26.3 Å². The predicted molar refractivity (Wildman–Crippen MR) is 71.6 cm³/mol. The average Bonchev–Trinajstić information content (AvgIpc) is 2.28. The van der Waals surface area contributed by atoms with E-state index in [0.29, 0.717) is 16.9 Å². The molecule has 0 saturated carbocycles. The number of methoxy groups -OCH3 is 1. The van der Waals surface area contributed by atoms with Crippen LogP contribution in [0.2, 0.25) is 0 Å². The molecule has 0 radical (unpaired) electrons. The number of carbonyl (C=O) groups excluding carboxylic acids is 1. The fourth-order valence-electron chi connectivity index (χ4n) is 1.77. The number of phenolic OH excluding ortho intramolecular Hbond substituents is 1. The van der Waals surface area contributed by atoms with Gasteiger partial charge in [-0.2, -0.15) is 0 Å². The minimum absolute atomic E-state index is 0.0450. The summed E-state index contributed by atoms with van der Waals surface area (Å²) in [6, 6.07) is 3.34. The Morgan fingerprint density at radius 2 is 2.00 bits per heavy atom. The van der Waals surface area contributed by atoms with Crippen LogP contribution >= 0.6 is 0 Å². The van der Waals surface area contributed by atoms with Crippen LogP contribution in [0.4, 0.5) is 0 Å². The van der Waals surface area contributed by atoms with Crippen LogP contribution in [-0.4, -0.2) is 31.6 Å². The number of ketones is 1. The van der Waals surface area contributed by atoms with Gasteiger partial charge in [-0.1, -0.05) is 20.8 Å². The van der Waals surface area contributed by atoms with Gasteiger partial charge in [-0.25, -0.2) is 0 Å². The third kappa shape index (κ3) is 3.01. The highest BCUT2D eigenvalue weighted by atomic mass is 16.5. The van der Waals surface area contributed by atoms with Gasteiger partial charge < -0.3 is 15.2 Å². The van der Waals surface area contributed by atoms with Gasteiger partial charge in [0.2, 0.25) is 0 Å². The smallest absolute Gasteiger partial charge is 0.180 e. The van der Waals surface area contributed by atoms with Crippen LogP contribution < -0.4 is 10.1 Å². The maximum atomic E-state index is 11.9. The van der Waals surface area contributed by atoms with Crippen molar-refractivity contribution >= 4 is 5.78 Å². The Bertz CT molecular complexity index is 447. The number of rotatable bonds is 4. The van der Waals surface area contributed by atoms with Crippen LogP contribution in [-0.2, 0) is 5.41 Å². The molecule has 18 heavy (non-hydrogen) atoms. The number of aromatic hydroxyl groups is 1. The van der Waals surface area contributed by atoms with Crippen LogP contribution in [0, 0.1) is 0 Å². The maximum absolute atomic E-state index is 11.9. The summed E-state index contributed by atoms with van der Waals surface area (Å²) in [7, 11) is 3.24. The normalized spacial score (nSPS) is 11.4. The lowest BCUT2D eigenvalue weighted by Crippen LogP contribution is -2.20. The molecule has 1 aromatic rings. The van der Waals surface area contributed by atoms with E-state index in [1.807, 2.05) is 20.8 Å². The monoisotopic (exact) mass is 251 g/mol. The highest BCUT2D eigenvalue weighted by molar-refractivity contribution is 6.00. The molecule has 1 aromatic carbocycles. The van der Waals surface area contributed by atoms with E-state index in [9.17, 15) is 9.90 Å². The third-order valence-electron chi connectivity index (χ3n) is 2.76. The third-order valence-corrected chi connectivity index (χ3v) is 2.76. The molecule has 2 N–H and O–H groups in total. The minimum Gasteiger partial charge on any atom is -0.507 e. The van der Waals surface area contributed by atoms with Crippen molar-refractivity contribution in [3.05, 3.63) is 23.3 Å². The Morgan fingerprint density at radius 3 is 2.44 bits per heavy atom. The molecule has 0 aliphatic rings. The first-order valence-corrected chi connectivity index (χ1v) is 5.90. The lowest BCUT2D eigenvalue weighted by atomic mass is 9.84. The number of hydrogen-bond acceptors (Lipinski definition) is 4. The number of ether oxygens (including phenoxy) is 1. The van der Waals surface area contributed by atoms with Crippen molar-refractivity contribution < 1.29 is 14.6 Å². The minimum atomic E-state index is -0.257. The van der Waals surface area contributed by atoms with E-state index in [1.165, 1.54) is 0 Å². The van der Waals surface area contributed by atoms with Gasteiger partial charge in [0.05, 0.1) is 19.2 Å². The molecule has 0 bridgehead atoms. The molecule has 0 unspecified atom stereocenters. The van der Waals surface area contributed by atoms with Gasteiger partial charge >= 0.3 is 0 Å².